The van der Waals surface area contributed by atoms with Gasteiger partial charge in [-0.25, -0.2) is 4.98 Å². The van der Waals surface area contributed by atoms with Crippen LogP contribution in [0, 0.1) is 0 Å². The molecular formula is C7H9N3. The van der Waals surface area contributed by atoms with E-state index in [4.69, 9.17) is 11.5 Å². The molecule has 0 saturated carbocycles. The summed E-state index contributed by atoms with van der Waals surface area (Å²) in [5.74, 6) is 0.852. The molecule has 4 N–H and O–H groups in total. The first-order valence-electron chi connectivity index (χ1n) is 2.88. The minimum Gasteiger partial charge on any atom is -0.384 e. The second-order valence-corrected chi connectivity index (χ2v) is 1.95. The third kappa shape index (κ3) is 1.25. The molecule has 0 atom stereocenters. The largest absolute Gasteiger partial charge is 0.384 e. The fourth-order valence-corrected chi connectivity index (χ4v) is 0.715. The van der Waals surface area contributed by atoms with Crippen LogP contribution in [0.1, 0.15) is 5.56 Å². The molecule has 0 aliphatic carbocycles. The Hall–Kier alpha value is -1.51. The number of nitrogens with two attached hydrogens (primary N) is 2. The Labute approximate surface area is 59.4 Å². The Morgan fingerprint density at radius 3 is 2.20 bits per heavy atom. The monoisotopic (exact) mass is 135 g/mol. The van der Waals surface area contributed by atoms with E-state index in [0.717, 1.165) is 5.56 Å². The number of nitrogens with zero attached hydrogens (tertiary/aromatic N) is 1. The zero-order chi connectivity index (χ0) is 7.56. The van der Waals surface area contributed by atoms with E-state index in [-0.39, 0.29) is 0 Å². The van der Waals surface area contributed by atoms with Crippen molar-refractivity contribution in [1.82, 2.24) is 4.98 Å². The maximum Gasteiger partial charge on any atom is 0.126 e. The Kier molecular flexibility index (Phi) is 1.58. The van der Waals surface area contributed by atoms with Crippen LogP contribution in [-0.2, 0) is 0 Å². The van der Waals surface area contributed by atoms with Crippen LogP contribution < -0.4 is 11.5 Å². The number of aromatic nitrogens is 1. The van der Waals surface area contributed by atoms with Crippen LogP contribution in [0.5, 0.6) is 0 Å². The molecule has 0 aliphatic rings. The number of nitrogen functional groups attached to an aromatic ring is 2. The Balaban J connectivity index is 3.18. The fourth-order valence-electron chi connectivity index (χ4n) is 0.715. The van der Waals surface area contributed by atoms with Gasteiger partial charge in [-0.05, 0) is 17.7 Å². The maximum absolute atomic E-state index is 5.40. The SMILES string of the molecule is C=Cc1cc(N)nc(N)c1. The minimum absolute atomic E-state index is 0.426. The van der Waals surface area contributed by atoms with Crippen molar-refractivity contribution in [2.45, 2.75) is 0 Å². The van der Waals surface area contributed by atoms with Gasteiger partial charge < -0.3 is 11.5 Å². The molecule has 52 valence electrons. The van der Waals surface area contributed by atoms with Gasteiger partial charge in [0.15, 0.2) is 0 Å². The van der Waals surface area contributed by atoms with E-state index in [1.165, 1.54) is 0 Å². The summed E-state index contributed by atoms with van der Waals surface area (Å²) >= 11 is 0. The molecule has 1 heterocycles. The van der Waals surface area contributed by atoms with Crippen LogP contribution in [0.4, 0.5) is 11.6 Å². The van der Waals surface area contributed by atoms with Crippen molar-refractivity contribution in [2.24, 2.45) is 0 Å². The van der Waals surface area contributed by atoms with Gasteiger partial charge in [0.25, 0.3) is 0 Å². The van der Waals surface area contributed by atoms with E-state index in [1.807, 2.05) is 0 Å². The van der Waals surface area contributed by atoms with Crippen LogP contribution >= 0.6 is 0 Å². The van der Waals surface area contributed by atoms with E-state index in [0.29, 0.717) is 11.6 Å². The third-order valence-corrected chi connectivity index (χ3v) is 1.12. The van der Waals surface area contributed by atoms with Gasteiger partial charge in [0, 0.05) is 0 Å². The average Bonchev–Trinajstić information content (AvgIpc) is 1.85. The molecule has 0 bridgehead atoms. The first-order chi connectivity index (χ1) is 4.72. The molecular weight excluding hydrogens is 126 g/mol. The summed E-state index contributed by atoms with van der Waals surface area (Å²) in [7, 11) is 0. The van der Waals surface area contributed by atoms with E-state index in [9.17, 15) is 0 Å². The molecule has 0 saturated heterocycles. The molecule has 10 heavy (non-hydrogen) atoms. The van der Waals surface area contributed by atoms with Gasteiger partial charge in [0.1, 0.15) is 11.6 Å². The second kappa shape index (κ2) is 2.39. The lowest BCUT2D eigenvalue weighted by Gasteiger charge is -1.96. The third-order valence-electron chi connectivity index (χ3n) is 1.12. The maximum atomic E-state index is 5.40. The molecule has 0 amide bonds. The molecule has 1 aromatic heterocycles. The molecule has 3 heteroatoms. The summed E-state index contributed by atoms with van der Waals surface area (Å²) in [6.45, 7) is 3.57. The predicted octanol–water partition coefficient (Wildman–Crippen LogP) is 0.889. The molecule has 0 spiro atoms. The second-order valence-electron chi connectivity index (χ2n) is 1.95. The van der Waals surface area contributed by atoms with Crippen molar-refractivity contribution in [2.75, 3.05) is 11.5 Å². The topological polar surface area (TPSA) is 64.9 Å². The van der Waals surface area contributed by atoms with Crippen LogP contribution in [0.15, 0.2) is 18.7 Å². The number of pyridine rings is 1. The van der Waals surface area contributed by atoms with Crippen LogP contribution in [0.3, 0.4) is 0 Å². The highest BCUT2D eigenvalue weighted by molar-refractivity contribution is 5.56. The van der Waals surface area contributed by atoms with Crippen molar-refractivity contribution < 1.29 is 0 Å². The van der Waals surface area contributed by atoms with Gasteiger partial charge >= 0.3 is 0 Å². The standard InChI is InChI=1S/C7H9N3/c1-2-5-3-6(8)10-7(9)4-5/h2-4H,1H2,(H4,8,9,10). The van der Waals surface area contributed by atoms with Crippen molar-refractivity contribution in [3.05, 3.63) is 24.3 Å². The van der Waals surface area contributed by atoms with Crippen molar-refractivity contribution in [3.8, 4) is 0 Å². The van der Waals surface area contributed by atoms with Crippen molar-refractivity contribution in [3.63, 3.8) is 0 Å². The molecule has 0 aromatic carbocycles. The average molecular weight is 135 g/mol. The van der Waals surface area contributed by atoms with Gasteiger partial charge in [0.05, 0.1) is 0 Å². The molecule has 0 fully saturated rings. The summed E-state index contributed by atoms with van der Waals surface area (Å²) in [4.78, 5) is 3.79. The van der Waals surface area contributed by atoms with E-state index in [2.05, 4.69) is 11.6 Å². The number of hydrogen-bond acceptors (Lipinski definition) is 3. The lowest BCUT2D eigenvalue weighted by atomic mass is 10.2. The quantitative estimate of drug-likeness (QED) is 0.601. The lowest BCUT2D eigenvalue weighted by molar-refractivity contribution is 1.34. The van der Waals surface area contributed by atoms with Gasteiger partial charge in [-0.3, -0.25) is 0 Å². The summed E-state index contributed by atoms with van der Waals surface area (Å²) in [5, 5.41) is 0. The van der Waals surface area contributed by atoms with Crippen LogP contribution in [-0.4, -0.2) is 4.98 Å². The normalized spacial score (nSPS) is 9.20. The van der Waals surface area contributed by atoms with Gasteiger partial charge in [-0.2, -0.15) is 0 Å². The Morgan fingerprint density at radius 2 is 1.80 bits per heavy atom. The summed E-state index contributed by atoms with van der Waals surface area (Å²) in [5.41, 5.74) is 11.7. The molecule has 0 radical (unpaired) electrons. The highest BCUT2D eigenvalue weighted by Crippen LogP contribution is 2.09. The highest BCUT2D eigenvalue weighted by atomic mass is 14.9. The molecule has 0 unspecified atom stereocenters. The zero-order valence-corrected chi connectivity index (χ0v) is 5.54. The number of rotatable bonds is 1. The summed E-state index contributed by atoms with van der Waals surface area (Å²) in [6.07, 6.45) is 1.67. The number of hydrogen-bond donors (Lipinski definition) is 2. The summed E-state index contributed by atoms with van der Waals surface area (Å²) < 4.78 is 0. The minimum atomic E-state index is 0.426. The zero-order valence-electron chi connectivity index (χ0n) is 5.54. The van der Waals surface area contributed by atoms with E-state index >= 15 is 0 Å². The predicted molar refractivity (Wildman–Crippen MR) is 43.2 cm³/mol. The molecule has 3 nitrogen and oxygen atoms in total. The van der Waals surface area contributed by atoms with Gasteiger partial charge in [0.2, 0.25) is 0 Å². The van der Waals surface area contributed by atoms with Crippen molar-refractivity contribution >= 4 is 17.7 Å². The highest BCUT2D eigenvalue weighted by Gasteiger charge is 1.91. The van der Waals surface area contributed by atoms with Gasteiger partial charge in [-0.15, -0.1) is 0 Å². The summed E-state index contributed by atoms with van der Waals surface area (Å²) in [6, 6.07) is 3.42. The smallest absolute Gasteiger partial charge is 0.126 e. The molecule has 0 aliphatic heterocycles. The van der Waals surface area contributed by atoms with Crippen LogP contribution in [0.25, 0.3) is 6.08 Å². The Morgan fingerprint density at radius 1 is 1.30 bits per heavy atom. The first kappa shape index (κ1) is 6.61. The van der Waals surface area contributed by atoms with Gasteiger partial charge in [-0.1, -0.05) is 12.7 Å². The first-order valence-corrected chi connectivity index (χ1v) is 2.88. The fraction of sp³-hybridized carbons (Fsp3) is 0. The van der Waals surface area contributed by atoms with Crippen molar-refractivity contribution in [1.29, 1.82) is 0 Å². The molecule has 1 aromatic rings. The van der Waals surface area contributed by atoms with Crippen LogP contribution in [0.2, 0.25) is 0 Å². The molecule has 1 rings (SSSR count). The van der Waals surface area contributed by atoms with E-state index < -0.39 is 0 Å². The number of anilines is 2. The Bertz CT molecular complexity index is 235. The van der Waals surface area contributed by atoms with E-state index in [1.54, 1.807) is 18.2 Å². The lowest BCUT2D eigenvalue weighted by Crippen LogP contribution is -1.95.